The Balaban J connectivity index is 2.47. The SMILES string of the molecule is CCO[Si](CCCOCC1CO1)(COC[Si](OC)(OC)OC)OCC. The van der Waals surface area contributed by atoms with Crippen molar-refractivity contribution in [2.24, 2.45) is 0 Å². The van der Waals surface area contributed by atoms with Crippen LogP contribution in [0.1, 0.15) is 20.3 Å². The van der Waals surface area contributed by atoms with Gasteiger partial charge >= 0.3 is 17.4 Å². The molecule has 0 aromatic carbocycles. The lowest BCUT2D eigenvalue weighted by Gasteiger charge is -2.31. The third-order valence-electron chi connectivity index (χ3n) is 3.90. The number of hydrogen-bond donors (Lipinski definition) is 0. The largest absolute Gasteiger partial charge is 0.527 e. The Hall–Kier alpha value is 0.114. The number of rotatable bonds is 17. The van der Waals surface area contributed by atoms with E-state index in [1.807, 2.05) is 13.8 Å². The van der Waals surface area contributed by atoms with Crippen LogP contribution in [0.15, 0.2) is 0 Å². The molecule has 1 aliphatic rings. The Kier molecular flexibility index (Phi) is 11.6. The predicted molar refractivity (Wildman–Crippen MR) is 96.6 cm³/mol. The minimum atomic E-state index is -2.76. The van der Waals surface area contributed by atoms with Crippen LogP contribution in [-0.2, 0) is 36.3 Å². The molecule has 0 spiro atoms. The zero-order valence-electron chi connectivity index (χ0n) is 16.2. The van der Waals surface area contributed by atoms with E-state index in [1.165, 1.54) is 0 Å². The first-order chi connectivity index (χ1) is 12.1. The summed E-state index contributed by atoms with van der Waals surface area (Å²) in [6.07, 6.45) is 1.83. The monoisotopic (exact) mass is 398 g/mol. The summed E-state index contributed by atoms with van der Waals surface area (Å²) in [5.74, 6) is 0. The number of epoxide rings is 1. The fourth-order valence-electron chi connectivity index (χ4n) is 2.45. The van der Waals surface area contributed by atoms with Gasteiger partial charge in [-0.3, -0.25) is 0 Å². The van der Waals surface area contributed by atoms with E-state index < -0.39 is 17.4 Å². The van der Waals surface area contributed by atoms with Gasteiger partial charge in [0.2, 0.25) is 0 Å². The van der Waals surface area contributed by atoms with Crippen LogP contribution in [-0.4, -0.2) is 90.3 Å². The van der Waals surface area contributed by atoms with E-state index in [1.54, 1.807) is 21.3 Å². The highest BCUT2D eigenvalue weighted by Gasteiger charge is 2.42. The zero-order chi connectivity index (χ0) is 18.6. The summed E-state index contributed by atoms with van der Waals surface area (Å²) >= 11 is 0. The van der Waals surface area contributed by atoms with Gasteiger partial charge in [-0.25, -0.2) is 0 Å². The van der Waals surface area contributed by atoms with Crippen LogP contribution in [0.25, 0.3) is 0 Å². The molecule has 0 aliphatic carbocycles. The number of hydrogen-bond acceptors (Lipinski definition) is 8. The first kappa shape index (κ1) is 23.2. The van der Waals surface area contributed by atoms with Crippen LogP contribution in [0.4, 0.5) is 0 Å². The van der Waals surface area contributed by atoms with Gasteiger partial charge in [-0.2, -0.15) is 0 Å². The second-order valence-corrected chi connectivity index (χ2v) is 11.8. The fraction of sp³-hybridized carbons (Fsp3) is 1.00. The van der Waals surface area contributed by atoms with Gasteiger partial charge in [0.05, 0.1) is 19.4 Å². The molecule has 1 atom stereocenters. The summed E-state index contributed by atoms with van der Waals surface area (Å²) in [5.41, 5.74) is 0. The molecular weight excluding hydrogens is 364 g/mol. The summed E-state index contributed by atoms with van der Waals surface area (Å²) in [6.45, 7) is 7.27. The van der Waals surface area contributed by atoms with Gasteiger partial charge in [0.25, 0.3) is 0 Å². The van der Waals surface area contributed by atoms with Crippen LogP contribution in [0.3, 0.4) is 0 Å². The van der Waals surface area contributed by atoms with Gasteiger partial charge in [0, 0.05) is 41.2 Å². The molecule has 0 radical (unpaired) electrons. The van der Waals surface area contributed by atoms with Crippen molar-refractivity contribution in [2.45, 2.75) is 32.4 Å². The Morgan fingerprint density at radius 2 is 1.52 bits per heavy atom. The minimum absolute atomic E-state index is 0.265. The third-order valence-corrected chi connectivity index (χ3v) is 9.71. The molecule has 0 saturated carbocycles. The maximum Gasteiger partial charge on any atom is 0.527 e. The van der Waals surface area contributed by atoms with Gasteiger partial charge in [0.15, 0.2) is 0 Å². The van der Waals surface area contributed by atoms with Crippen molar-refractivity contribution in [2.75, 3.05) is 66.8 Å². The van der Waals surface area contributed by atoms with Crippen LogP contribution in [0.2, 0.25) is 6.04 Å². The third kappa shape index (κ3) is 8.56. The first-order valence-electron chi connectivity index (χ1n) is 8.79. The van der Waals surface area contributed by atoms with Crippen molar-refractivity contribution in [1.29, 1.82) is 0 Å². The van der Waals surface area contributed by atoms with Crippen molar-refractivity contribution < 1.29 is 36.3 Å². The molecule has 8 nitrogen and oxygen atoms in total. The van der Waals surface area contributed by atoms with E-state index >= 15 is 0 Å². The molecule has 10 heteroatoms. The lowest BCUT2D eigenvalue weighted by molar-refractivity contribution is 0.0599. The molecule has 1 rings (SSSR count). The van der Waals surface area contributed by atoms with Crippen LogP contribution in [0.5, 0.6) is 0 Å². The van der Waals surface area contributed by atoms with Crippen molar-refractivity contribution in [3.63, 3.8) is 0 Å². The molecule has 0 aromatic rings. The van der Waals surface area contributed by atoms with Crippen LogP contribution < -0.4 is 0 Å². The normalized spacial score (nSPS) is 17.9. The standard InChI is InChI=1S/C15H34O8Si2/c1-6-22-24(23-7-2,10-8-9-19-11-15-12-21-15)13-20-14-25(16-3,17-4)18-5/h15H,6-14H2,1-5H3. The Labute approximate surface area is 153 Å². The molecule has 25 heavy (non-hydrogen) atoms. The van der Waals surface area contributed by atoms with Crippen molar-refractivity contribution in [3.8, 4) is 0 Å². The summed E-state index contributed by atoms with van der Waals surface area (Å²) in [4.78, 5) is 0. The molecule has 0 amide bonds. The van der Waals surface area contributed by atoms with Crippen LogP contribution >= 0.6 is 0 Å². The van der Waals surface area contributed by atoms with Gasteiger partial charge in [-0.05, 0) is 26.3 Å². The molecule has 1 heterocycles. The van der Waals surface area contributed by atoms with E-state index in [0.717, 1.165) is 19.1 Å². The maximum atomic E-state index is 6.03. The van der Waals surface area contributed by atoms with Crippen molar-refractivity contribution in [1.82, 2.24) is 0 Å². The van der Waals surface area contributed by atoms with Gasteiger partial charge in [-0.1, -0.05) is 0 Å². The lowest BCUT2D eigenvalue weighted by atomic mass is 10.5. The van der Waals surface area contributed by atoms with E-state index in [4.69, 9.17) is 36.3 Å². The molecule has 1 unspecified atom stereocenters. The fourth-order valence-corrected chi connectivity index (χ4v) is 6.69. The Bertz CT molecular complexity index is 325. The van der Waals surface area contributed by atoms with E-state index in [9.17, 15) is 0 Å². The smallest absolute Gasteiger partial charge is 0.393 e. The summed E-state index contributed by atoms with van der Waals surface area (Å²) < 4.78 is 44.8. The molecule has 150 valence electrons. The zero-order valence-corrected chi connectivity index (χ0v) is 18.2. The molecular formula is C15H34O8Si2. The minimum Gasteiger partial charge on any atom is -0.393 e. The highest BCUT2D eigenvalue weighted by Crippen LogP contribution is 2.19. The maximum absolute atomic E-state index is 6.03. The first-order valence-corrected chi connectivity index (χ1v) is 13.0. The Morgan fingerprint density at radius 3 is 2.00 bits per heavy atom. The summed E-state index contributed by atoms with van der Waals surface area (Å²) in [7, 11) is -0.529. The summed E-state index contributed by atoms with van der Waals surface area (Å²) in [6, 6.07) is 0.807. The van der Waals surface area contributed by atoms with E-state index in [-0.39, 0.29) is 6.23 Å². The van der Waals surface area contributed by atoms with Crippen molar-refractivity contribution >= 4 is 17.4 Å². The molecule has 0 bridgehead atoms. The average molecular weight is 399 g/mol. The Morgan fingerprint density at radius 1 is 0.920 bits per heavy atom. The molecule has 1 saturated heterocycles. The van der Waals surface area contributed by atoms with Gasteiger partial charge in [0.1, 0.15) is 12.3 Å². The highest BCUT2D eigenvalue weighted by molar-refractivity contribution is 6.67. The molecule has 1 fully saturated rings. The highest BCUT2D eigenvalue weighted by atomic mass is 28.4. The van der Waals surface area contributed by atoms with Gasteiger partial charge in [-0.15, -0.1) is 0 Å². The second kappa shape index (κ2) is 12.5. The molecule has 1 aliphatic heterocycles. The topological polar surface area (TPSA) is 77.1 Å². The van der Waals surface area contributed by atoms with Crippen molar-refractivity contribution in [3.05, 3.63) is 0 Å². The average Bonchev–Trinajstić information content (AvgIpc) is 3.44. The molecule has 0 N–H and O–H groups in total. The quantitative estimate of drug-likeness (QED) is 0.206. The van der Waals surface area contributed by atoms with Crippen LogP contribution in [0, 0.1) is 0 Å². The lowest BCUT2D eigenvalue weighted by Crippen LogP contribution is -2.52. The number of ether oxygens (including phenoxy) is 3. The van der Waals surface area contributed by atoms with Gasteiger partial charge < -0.3 is 36.3 Å². The second-order valence-electron chi connectivity index (χ2n) is 5.70. The van der Waals surface area contributed by atoms with E-state index in [2.05, 4.69) is 0 Å². The predicted octanol–water partition coefficient (Wildman–Crippen LogP) is 1.28. The summed E-state index contributed by atoms with van der Waals surface area (Å²) in [5, 5.41) is 0. The van der Waals surface area contributed by atoms with E-state index in [0.29, 0.717) is 38.8 Å². The molecule has 0 aromatic heterocycles.